The fourth-order valence-corrected chi connectivity index (χ4v) is 2.32. The number of aliphatic imine (C=N–C) groups is 1. The monoisotopic (exact) mass is 486 g/mol. The van der Waals surface area contributed by atoms with Crippen molar-refractivity contribution >= 4 is 29.9 Å². The first-order valence-electron chi connectivity index (χ1n) is 8.91. The molecule has 0 aliphatic heterocycles. The molecule has 2 aromatic rings. The summed E-state index contributed by atoms with van der Waals surface area (Å²) < 4.78 is 11.7. The maximum atomic E-state index is 5.92. The Balaban J connectivity index is 0.00000364. The Morgan fingerprint density at radius 1 is 1.30 bits per heavy atom. The Bertz CT molecular complexity index is 738. The highest BCUT2D eigenvalue weighted by Gasteiger charge is 2.19. The van der Waals surface area contributed by atoms with Gasteiger partial charge in [0.25, 0.3) is 0 Å². The number of rotatable bonds is 6. The Labute approximate surface area is 179 Å². The van der Waals surface area contributed by atoms with Gasteiger partial charge < -0.3 is 19.8 Å². The van der Waals surface area contributed by atoms with Crippen LogP contribution < -0.4 is 15.4 Å². The average molecular weight is 486 g/mol. The zero-order valence-corrected chi connectivity index (χ0v) is 19.3. The third-order valence-electron chi connectivity index (χ3n) is 3.81. The van der Waals surface area contributed by atoms with Gasteiger partial charge in [-0.3, -0.25) is 4.99 Å². The van der Waals surface area contributed by atoms with Crippen LogP contribution in [-0.2, 0) is 12.0 Å². The highest BCUT2D eigenvalue weighted by molar-refractivity contribution is 14.0. The molecule has 0 aliphatic rings. The maximum absolute atomic E-state index is 5.92. The molecule has 27 heavy (non-hydrogen) atoms. The number of benzene rings is 1. The van der Waals surface area contributed by atoms with E-state index in [0.717, 1.165) is 11.5 Å². The van der Waals surface area contributed by atoms with E-state index in [-0.39, 0.29) is 35.5 Å². The number of nitrogens with one attached hydrogen (secondary N) is 2. The minimum Gasteiger partial charge on any atom is -0.489 e. The zero-order valence-electron chi connectivity index (χ0n) is 17.0. The summed E-state index contributed by atoms with van der Waals surface area (Å²) in [6.07, 6.45) is 1.79. The van der Waals surface area contributed by atoms with Crippen LogP contribution in [0.3, 0.4) is 0 Å². The third kappa shape index (κ3) is 7.78. The minimum absolute atomic E-state index is 0. The molecule has 0 spiro atoms. The Hall–Kier alpha value is -1.77. The van der Waals surface area contributed by atoms with Gasteiger partial charge in [-0.15, -0.1) is 24.0 Å². The van der Waals surface area contributed by atoms with Gasteiger partial charge in [0.2, 0.25) is 5.89 Å². The fourth-order valence-electron chi connectivity index (χ4n) is 2.32. The maximum Gasteiger partial charge on any atom is 0.213 e. The van der Waals surface area contributed by atoms with E-state index in [9.17, 15) is 0 Å². The number of hydrogen-bond acceptors (Lipinski definition) is 4. The van der Waals surface area contributed by atoms with E-state index in [1.807, 2.05) is 25.1 Å². The molecule has 1 heterocycles. The van der Waals surface area contributed by atoms with E-state index in [1.165, 1.54) is 5.56 Å². The fraction of sp³-hybridized carbons (Fsp3) is 0.500. The van der Waals surface area contributed by atoms with E-state index < -0.39 is 0 Å². The Morgan fingerprint density at radius 2 is 2.04 bits per heavy atom. The number of nitrogens with zero attached hydrogens (tertiary/aromatic N) is 2. The predicted octanol–water partition coefficient (Wildman–Crippen LogP) is 4.03. The number of aromatic nitrogens is 1. The van der Waals surface area contributed by atoms with Gasteiger partial charge in [0, 0.05) is 12.5 Å². The van der Waals surface area contributed by atoms with Crippen LogP contribution >= 0.6 is 24.0 Å². The van der Waals surface area contributed by atoms with E-state index in [1.54, 1.807) is 13.2 Å². The first kappa shape index (κ1) is 23.3. The van der Waals surface area contributed by atoms with Crippen LogP contribution in [0.2, 0.25) is 0 Å². The third-order valence-corrected chi connectivity index (χ3v) is 3.81. The summed E-state index contributed by atoms with van der Waals surface area (Å²) >= 11 is 0. The molecule has 0 saturated heterocycles. The summed E-state index contributed by atoms with van der Waals surface area (Å²) in [4.78, 5) is 8.53. The van der Waals surface area contributed by atoms with Crippen LogP contribution in [0.4, 0.5) is 0 Å². The van der Waals surface area contributed by atoms with Crippen LogP contribution in [0, 0.1) is 6.92 Å². The largest absolute Gasteiger partial charge is 0.489 e. The first-order valence-corrected chi connectivity index (χ1v) is 8.91. The van der Waals surface area contributed by atoms with Crippen molar-refractivity contribution in [3.63, 3.8) is 0 Å². The Morgan fingerprint density at radius 3 is 2.63 bits per heavy atom. The van der Waals surface area contributed by atoms with Crippen molar-refractivity contribution in [2.24, 2.45) is 4.99 Å². The minimum atomic E-state index is -0.0479. The molecule has 0 bridgehead atoms. The number of oxazole rings is 1. The molecular formula is C20H31IN4O2. The number of ether oxygens (including phenoxy) is 1. The van der Waals surface area contributed by atoms with Gasteiger partial charge in [-0.1, -0.05) is 32.9 Å². The van der Waals surface area contributed by atoms with E-state index in [2.05, 4.69) is 54.4 Å². The van der Waals surface area contributed by atoms with Gasteiger partial charge >= 0.3 is 0 Å². The summed E-state index contributed by atoms with van der Waals surface area (Å²) in [5, 5.41) is 6.46. The number of guanidine groups is 1. The summed E-state index contributed by atoms with van der Waals surface area (Å²) in [6, 6.07) is 8.04. The van der Waals surface area contributed by atoms with Crippen molar-refractivity contribution in [2.75, 3.05) is 13.6 Å². The summed E-state index contributed by atoms with van der Waals surface area (Å²) in [5.74, 6) is 3.07. The van der Waals surface area contributed by atoms with Crippen LogP contribution in [0.1, 0.15) is 44.9 Å². The molecule has 2 N–H and O–H groups in total. The van der Waals surface area contributed by atoms with E-state index in [0.29, 0.717) is 24.9 Å². The lowest BCUT2D eigenvalue weighted by molar-refractivity contribution is 0.223. The van der Waals surface area contributed by atoms with Crippen molar-refractivity contribution in [3.8, 4) is 5.75 Å². The molecular weight excluding hydrogens is 455 g/mol. The van der Waals surface area contributed by atoms with Crippen LogP contribution in [0.15, 0.2) is 39.9 Å². The van der Waals surface area contributed by atoms with Gasteiger partial charge in [-0.05, 0) is 31.5 Å². The van der Waals surface area contributed by atoms with E-state index >= 15 is 0 Å². The zero-order chi connectivity index (χ0) is 19.2. The topological polar surface area (TPSA) is 71.7 Å². The smallest absolute Gasteiger partial charge is 0.213 e. The standard InChI is InChI=1S/C20H30N4O2.HI/c1-14-8-7-9-16(10-14)25-15(2)11-23-19(21-6)24-13-18-22-12-17(26-18)20(3,4)5;/h7-10,12,15H,11,13H2,1-6H3,(H2,21,23,24);1H. The number of aryl methyl sites for hydroxylation is 1. The molecule has 1 unspecified atom stereocenters. The second kappa shape index (κ2) is 10.5. The number of hydrogen-bond donors (Lipinski definition) is 2. The van der Waals surface area contributed by atoms with Crippen LogP contribution in [0.5, 0.6) is 5.75 Å². The van der Waals surface area contributed by atoms with Gasteiger partial charge in [-0.2, -0.15) is 0 Å². The molecule has 6 nitrogen and oxygen atoms in total. The molecule has 0 fully saturated rings. The number of halogens is 1. The normalized spacial score (nSPS) is 12.9. The summed E-state index contributed by atoms with van der Waals surface area (Å²) in [5.41, 5.74) is 1.13. The molecule has 1 aromatic carbocycles. The highest BCUT2D eigenvalue weighted by atomic mass is 127. The van der Waals surface area contributed by atoms with Gasteiger partial charge in [-0.25, -0.2) is 4.98 Å². The summed E-state index contributed by atoms with van der Waals surface area (Å²) in [7, 11) is 1.73. The van der Waals surface area contributed by atoms with E-state index in [4.69, 9.17) is 9.15 Å². The van der Waals surface area contributed by atoms with Gasteiger partial charge in [0.05, 0.1) is 19.3 Å². The molecule has 0 amide bonds. The van der Waals surface area contributed by atoms with Crippen molar-refractivity contribution in [1.82, 2.24) is 15.6 Å². The molecule has 0 aliphatic carbocycles. The van der Waals surface area contributed by atoms with Gasteiger partial charge in [0.15, 0.2) is 5.96 Å². The average Bonchev–Trinajstić information content (AvgIpc) is 3.04. The lowest BCUT2D eigenvalue weighted by Crippen LogP contribution is -2.41. The predicted molar refractivity (Wildman–Crippen MR) is 120 cm³/mol. The lowest BCUT2D eigenvalue weighted by Gasteiger charge is -2.17. The molecule has 150 valence electrons. The van der Waals surface area contributed by atoms with Crippen LogP contribution in [0.25, 0.3) is 0 Å². The quantitative estimate of drug-likeness (QED) is 0.367. The SMILES string of the molecule is CN=C(NCc1ncc(C(C)(C)C)o1)NCC(C)Oc1cccc(C)c1.I. The summed E-state index contributed by atoms with van der Waals surface area (Å²) in [6.45, 7) is 11.5. The van der Waals surface area contributed by atoms with Crippen molar-refractivity contribution in [2.45, 2.75) is 52.7 Å². The second-order valence-electron chi connectivity index (χ2n) is 7.42. The molecule has 0 saturated carbocycles. The van der Waals surface area contributed by atoms with Crippen molar-refractivity contribution in [3.05, 3.63) is 47.7 Å². The Kier molecular flexibility index (Phi) is 9.08. The first-order chi connectivity index (χ1) is 12.3. The van der Waals surface area contributed by atoms with Crippen molar-refractivity contribution in [1.29, 1.82) is 0 Å². The second-order valence-corrected chi connectivity index (χ2v) is 7.42. The molecule has 1 aromatic heterocycles. The molecule has 7 heteroatoms. The lowest BCUT2D eigenvalue weighted by atomic mass is 9.94. The molecule has 0 radical (unpaired) electrons. The van der Waals surface area contributed by atoms with Gasteiger partial charge in [0.1, 0.15) is 17.6 Å². The van der Waals surface area contributed by atoms with Crippen LogP contribution in [-0.4, -0.2) is 30.6 Å². The highest BCUT2D eigenvalue weighted by Crippen LogP contribution is 2.22. The molecule has 2 rings (SSSR count). The van der Waals surface area contributed by atoms with Crippen molar-refractivity contribution < 1.29 is 9.15 Å². The molecule has 1 atom stereocenters.